The monoisotopic (exact) mass is 407 g/mol. The van der Waals surface area contributed by atoms with Gasteiger partial charge in [-0.25, -0.2) is 0 Å². The van der Waals surface area contributed by atoms with Crippen molar-refractivity contribution in [1.82, 2.24) is 25.6 Å². The molecule has 2 aromatic rings. The minimum Gasteiger partial charge on any atom is -0.286 e. The summed E-state index contributed by atoms with van der Waals surface area (Å²) in [5.74, 6) is 2.91. The summed E-state index contributed by atoms with van der Waals surface area (Å²) in [5, 5.41) is 8.09. The number of hydrogen-bond acceptors (Lipinski definition) is 4. The van der Waals surface area contributed by atoms with Crippen molar-refractivity contribution < 1.29 is 9.59 Å². The van der Waals surface area contributed by atoms with Gasteiger partial charge in [0.2, 0.25) is 11.8 Å². The van der Waals surface area contributed by atoms with Crippen molar-refractivity contribution in [2.75, 3.05) is 0 Å². The van der Waals surface area contributed by atoms with Crippen LogP contribution in [0, 0.1) is 23.2 Å². The third-order valence-corrected chi connectivity index (χ3v) is 7.27. The van der Waals surface area contributed by atoms with E-state index in [0.717, 1.165) is 29.3 Å². The summed E-state index contributed by atoms with van der Waals surface area (Å²) in [7, 11) is 0. The van der Waals surface area contributed by atoms with Crippen LogP contribution in [0.2, 0.25) is 0 Å². The van der Waals surface area contributed by atoms with Crippen molar-refractivity contribution in [1.29, 1.82) is 0 Å². The molecule has 0 aliphatic heterocycles. The average Bonchev–Trinajstić information content (AvgIpc) is 3.19. The molecule has 4 aliphatic rings. The molecule has 4 bridgehead atoms. The lowest BCUT2D eigenvalue weighted by Crippen LogP contribution is -2.50. The molecule has 1 aromatic carbocycles. The third kappa shape index (κ3) is 3.98. The highest BCUT2D eigenvalue weighted by atomic mass is 16.2. The Morgan fingerprint density at radius 3 is 2.27 bits per heavy atom. The lowest BCUT2D eigenvalue weighted by molar-refractivity contribution is -0.134. The predicted octanol–water partition coefficient (Wildman–Crippen LogP) is 2.95. The lowest BCUT2D eigenvalue weighted by atomic mass is 9.49. The summed E-state index contributed by atoms with van der Waals surface area (Å²) < 4.78 is 1.87. The van der Waals surface area contributed by atoms with Gasteiger partial charge in [0.05, 0.1) is 0 Å². The predicted molar refractivity (Wildman–Crippen MR) is 111 cm³/mol. The quantitative estimate of drug-likeness (QED) is 0.721. The fourth-order valence-electron chi connectivity index (χ4n) is 6.55. The van der Waals surface area contributed by atoms with Crippen LogP contribution in [0.4, 0.5) is 0 Å². The molecule has 2 N–H and O–H groups in total. The van der Waals surface area contributed by atoms with Gasteiger partial charge >= 0.3 is 0 Å². The Bertz CT molecular complexity index is 887. The summed E-state index contributed by atoms with van der Waals surface area (Å²) >= 11 is 0. The molecule has 1 aromatic heterocycles. The molecular formula is C23H29N5O2. The Kier molecular flexibility index (Phi) is 5.05. The standard InChI is InChI=1S/C23H29N5O2/c29-21(7-6-20-25-24-15-28(20)19-4-2-1-3-5-19)26-27-22(30)14-23-11-16-8-17(12-23)10-18(9-16)13-23/h1-5,15-18H,6-14H2,(H,26,29)(H,27,30). The maximum absolute atomic E-state index is 12.6. The molecule has 6 rings (SSSR count). The normalized spacial score (nSPS) is 29.0. The van der Waals surface area contributed by atoms with Gasteiger partial charge in [0.15, 0.2) is 0 Å². The van der Waals surface area contributed by atoms with Crippen LogP contribution in [0.5, 0.6) is 0 Å². The second-order valence-electron chi connectivity index (χ2n) is 9.64. The summed E-state index contributed by atoms with van der Waals surface area (Å²) in [6.45, 7) is 0. The molecule has 7 heteroatoms. The molecule has 30 heavy (non-hydrogen) atoms. The molecule has 2 amide bonds. The zero-order valence-electron chi connectivity index (χ0n) is 17.2. The molecule has 4 saturated carbocycles. The Hall–Kier alpha value is -2.70. The fraction of sp³-hybridized carbons (Fsp3) is 0.565. The largest absolute Gasteiger partial charge is 0.286 e. The zero-order chi connectivity index (χ0) is 20.6. The van der Waals surface area contributed by atoms with Crippen LogP contribution in [0.1, 0.15) is 57.2 Å². The summed E-state index contributed by atoms with van der Waals surface area (Å²) in [6.07, 6.45) is 10.5. The van der Waals surface area contributed by atoms with Gasteiger partial charge in [-0.2, -0.15) is 0 Å². The molecule has 0 radical (unpaired) electrons. The number of carbonyl (C=O) groups is 2. The van der Waals surface area contributed by atoms with Crippen molar-refractivity contribution in [2.24, 2.45) is 23.2 Å². The first kappa shape index (κ1) is 19.3. The maximum atomic E-state index is 12.6. The van der Waals surface area contributed by atoms with Crippen molar-refractivity contribution in [3.63, 3.8) is 0 Å². The lowest BCUT2D eigenvalue weighted by Gasteiger charge is -2.56. The van der Waals surface area contributed by atoms with Crippen LogP contribution in [0.3, 0.4) is 0 Å². The number of aromatic nitrogens is 3. The number of benzene rings is 1. The van der Waals surface area contributed by atoms with E-state index in [2.05, 4.69) is 21.0 Å². The number of hydrogen-bond donors (Lipinski definition) is 2. The highest BCUT2D eigenvalue weighted by Crippen LogP contribution is 2.61. The van der Waals surface area contributed by atoms with Crippen molar-refractivity contribution >= 4 is 11.8 Å². The Labute approximate surface area is 176 Å². The van der Waals surface area contributed by atoms with Gasteiger partial charge in [-0.3, -0.25) is 25.0 Å². The third-order valence-electron chi connectivity index (χ3n) is 7.27. The van der Waals surface area contributed by atoms with E-state index in [1.54, 1.807) is 6.33 Å². The van der Waals surface area contributed by atoms with Gasteiger partial charge in [-0.15, -0.1) is 10.2 Å². The molecular weight excluding hydrogens is 378 g/mol. The van der Waals surface area contributed by atoms with Crippen LogP contribution in [-0.2, 0) is 16.0 Å². The zero-order valence-corrected chi connectivity index (χ0v) is 17.2. The molecule has 0 spiro atoms. The van der Waals surface area contributed by atoms with E-state index in [4.69, 9.17) is 0 Å². The number of amides is 2. The van der Waals surface area contributed by atoms with Crippen molar-refractivity contribution in [2.45, 2.75) is 57.8 Å². The number of nitrogens with one attached hydrogen (secondary N) is 2. The molecule has 1 heterocycles. The highest BCUT2D eigenvalue weighted by molar-refractivity contribution is 5.82. The topological polar surface area (TPSA) is 88.9 Å². The molecule has 0 unspecified atom stereocenters. The van der Waals surface area contributed by atoms with Crippen LogP contribution >= 0.6 is 0 Å². The minimum atomic E-state index is -0.212. The maximum Gasteiger partial charge on any atom is 0.238 e. The van der Waals surface area contributed by atoms with E-state index in [1.807, 2.05) is 34.9 Å². The van der Waals surface area contributed by atoms with Crippen LogP contribution in [0.25, 0.3) is 5.69 Å². The second kappa shape index (κ2) is 7.85. The number of para-hydroxylation sites is 1. The Morgan fingerprint density at radius 1 is 0.967 bits per heavy atom. The first-order chi connectivity index (χ1) is 14.6. The van der Waals surface area contributed by atoms with E-state index in [1.165, 1.54) is 38.5 Å². The first-order valence-corrected chi connectivity index (χ1v) is 11.1. The fourth-order valence-corrected chi connectivity index (χ4v) is 6.55. The van der Waals surface area contributed by atoms with Gasteiger partial charge in [-0.05, 0) is 73.8 Å². The van der Waals surface area contributed by atoms with E-state index in [0.29, 0.717) is 12.8 Å². The molecule has 158 valence electrons. The van der Waals surface area contributed by atoms with Gasteiger partial charge in [0, 0.05) is 24.9 Å². The minimum absolute atomic E-state index is 0.0576. The summed E-state index contributed by atoms with van der Waals surface area (Å²) in [4.78, 5) is 24.8. The van der Waals surface area contributed by atoms with Gasteiger partial charge in [0.25, 0.3) is 0 Å². The Balaban J connectivity index is 1.10. The first-order valence-electron chi connectivity index (χ1n) is 11.1. The summed E-state index contributed by atoms with van der Waals surface area (Å²) in [5.41, 5.74) is 6.38. The number of rotatable bonds is 6. The van der Waals surface area contributed by atoms with E-state index in [9.17, 15) is 9.59 Å². The molecule has 4 fully saturated rings. The smallest absolute Gasteiger partial charge is 0.238 e. The van der Waals surface area contributed by atoms with Gasteiger partial charge in [-0.1, -0.05) is 18.2 Å². The molecule has 7 nitrogen and oxygen atoms in total. The SMILES string of the molecule is O=C(CCc1nncn1-c1ccccc1)NNC(=O)CC12CC3CC(CC(C3)C1)C2. The number of nitrogens with zero attached hydrogens (tertiary/aromatic N) is 3. The van der Waals surface area contributed by atoms with E-state index < -0.39 is 0 Å². The molecule has 0 saturated heterocycles. The van der Waals surface area contributed by atoms with Crippen LogP contribution in [-0.4, -0.2) is 26.6 Å². The van der Waals surface area contributed by atoms with Crippen LogP contribution in [0.15, 0.2) is 36.7 Å². The number of carbonyl (C=O) groups excluding carboxylic acids is 2. The van der Waals surface area contributed by atoms with Gasteiger partial charge < -0.3 is 0 Å². The van der Waals surface area contributed by atoms with E-state index in [-0.39, 0.29) is 23.7 Å². The average molecular weight is 408 g/mol. The van der Waals surface area contributed by atoms with E-state index >= 15 is 0 Å². The summed E-state index contributed by atoms with van der Waals surface area (Å²) in [6, 6.07) is 9.79. The van der Waals surface area contributed by atoms with Crippen LogP contribution < -0.4 is 10.9 Å². The number of hydrazine groups is 1. The highest BCUT2D eigenvalue weighted by Gasteiger charge is 2.51. The Morgan fingerprint density at radius 2 is 1.60 bits per heavy atom. The van der Waals surface area contributed by atoms with Gasteiger partial charge in [0.1, 0.15) is 12.2 Å². The number of aryl methyl sites for hydroxylation is 1. The second-order valence-corrected chi connectivity index (χ2v) is 9.64. The molecule has 4 aliphatic carbocycles. The van der Waals surface area contributed by atoms with Crippen molar-refractivity contribution in [3.8, 4) is 5.69 Å². The van der Waals surface area contributed by atoms with Crippen molar-refractivity contribution in [3.05, 3.63) is 42.5 Å². The molecule has 0 atom stereocenters.